The second-order valence-electron chi connectivity index (χ2n) is 14.9. The number of rotatable bonds is 3. The first-order valence-corrected chi connectivity index (χ1v) is 18.2. The molecule has 1 fully saturated rings. The number of alkyl halides is 3. The van der Waals surface area contributed by atoms with Crippen molar-refractivity contribution >= 4 is 44.1 Å². The second kappa shape index (κ2) is 11.5. The van der Waals surface area contributed by atoms with Crippen LogP contribution in [0.2, 0.25) is 0 Å². The Bertz CT molecular complexity index is 2650. The van der Waals surface area contributed by atoms with Gasteiger partial charge in [0.15, 0.2) is 5.60 Å². The molecule has 1 aliphatic carbocycles. The van der Waals surface area contributed by atoms with Crippen molar-refractivity contribution in [3.05, 3.63) is 161 Å². The molecule has 0 aromatic heterocycles. The Morgan fingerprint density at radius 1 is 0.660 bits per heavy atom. The van der Waals surface area contributed by atoms with Crippen molar-refractivity contribution in [3.63, 3.8) is 0 Å². The Morgan fingerprint density at radius 2 is 1.32 bits per heavy atom. The maximum absolute atomic E-state index is 14.1. The van der Waals surface area contributed by atoms with Gasteiger partial charge in [0.25, 0.3) is 0 Å². The molecule has 262 valence electrons. The molecule has 0 radical (unpaired) electrons. The SMILES string of the molecule is CC1(C)c2cc(C(F)(F)F)ccc2-c2c1c1c(c3ccccc23)OC(c2ccc(N3CCOCC3)cc2)(c2cc3ccccc3c3ccccc23)C=C1. The zero-order valence-electron chi connectivity index (χ0n) is 29.4. The lowest BCUT2D eigenvalue weighted by molar-refractivity contribution is -0.137. The number of ether oxygens (including phenoxy) is 2. The van der Waals surface area contributed by atoms with Gasteiger partial charge in [-0.05, 0) is 85.6 Å². The summed E-state index contributed by atoms with van der Waals surface area (Å²) < 4.78 is 55.5. The molecule has 3 nitrogen and oxygen atoms in total. The highest BCUT2D eigenvalue weighted by molar-refractivity contribution is 6.11. The van der Waals surface area contributed by atoms with Crippen LogP contribution in [0, 0.1) is 0 Å². The van der Waals surface area contributed by atoms with Crippen LogP contribution in [-0.4, -0.2) is 26.3 Å². The van der Waals surface area contributed by atoms with E-state index in [-0.39, 0.29) is 0 Å². The van der Waals surface area contributed by atoms with Crippen molar-refractivity contribution in [2.75, 3.05) is 31.2 Å². The first-order chi connectivity index (χ1) is 25.6. The van der Waals surface area contributed by atoms with Crippen LogP contribution in [0.5, 0.6) is 5.75 Å². The van der Waals surface area contributed by atoms with E-state index in [1.54, 1.807) is 6.07 Å². The van der Waals surface area contributed by atoms with E-state index in [1.807, 2.05) is 26.0 Å². The average molecular weight is 704 g/mol. The van der Waals surface area contributed by atoms with Gasteiger partial charge in [-0.25, -0.2) is 0 Å². The van der Waals surface area contributed by atoms with Crippen molar-refractivity contribution < 1.29 is 22.6 Å². The molecule has 2 heterocycles. The smallest absolute Gasteiger partial charge is 0.416 e. The van der Waals surface area contributed by atoms with E-state index < -0.39 is 22.8 Å². The van der Waals surface area contributed by atoms with E-state index in [1.165, 1.54) is 17.5 Å². The number of fused-ring (bicyclic) bond motifs is 11. The van der Waals surface area contributed by atoms with Gasteiger partial charge in [-0.3, -0.25) is 0 Å². The molecule has 0 saturated carbocycles. The molecule has 2 aliphatic heterocycles. The number of morpholine rings is 1. The normalized spacial score (nSPS) is 18.9. The third-order valence-electron chi connectivity index (χ3n) is 11.7. The van der Waals surface area contributed by atoms with E-state index in [9.17, 15) is 13.2 Å². The molecule has 7 aromatic carbocycles. The number of hydrogen-bond acceptors (Lipinski definition) is 3. The highest BCUT2D eigenvalue weighted by Gasteiger charge is 2.46. The molecule has 0 bridgehead atoms. The summed E-state index contributed by atoms with van der Waals surface area (Å²) in [5.74, 6) is 0.730. The number of halogens is 3. The van der Waals surface area contributed by atoms with Crippen molar-refractivity contribution in [2.45, 2.75) is 31.0 Å². The van der Waals surface area contributed by atoms with Gasteiger partial charge in [-0.15, -0.1) is 0 Å². The molecule has 1 saturated heterocycles. The molecule has 1 unspecified atom stereocenters. The second-order valence-corrected chi connectivity index (χ2v) is 14.9. The fourth-order valence-corrected chi connectivity index (χ4v) is 9.17. The van der Waals surface area contributed by atoms with Crippen LogP contribution in [0.15, 0.2) is 127 Å². The van der Waals surface area contributed by atoms with E-state index >= 15 is 0 Å². The lowest BCUT2D eigenvalue weighted by Gasteiger charge is -2.39. The van der Waals surface area contributed by atoms with Gasteiger partial charge in [0, 0.05) is 46.3 Å². The quantitative estimate of drug-likeness (QED) is 0.171. The highest BCUT2D eigenvalue weighted by Crippen LogP contribution is 2.59. The van der Waals surface area contributed by atoms with Crippen LogP contribution in [0.1, 0.15) is 47.2 Å². The Hall–Kier alpha value is -5.59. The van der Waals surface area contributed by atoms with Crippen molar-refractivity contribution in [1.29, 1.82) is 0 Å². The average Bonchev–Trinajstić information content (AvgIpc) is 3.43. The predicted molar refractivity (Wildman–Crippen MR) is 208 cm³/mol. The standard InChI is InChI=1S/C47H36F3NO2/c1-45(2)40-28-31(47(48,49)50)17-20-38(40)42-36-13-7-8-14-37(36)44-39(43(42)45)21-22-46(53-44,30-15-18-32(19-16-30)51-23-25-52-26-24-51)41-27-29-9-3-4-10-33(29)34-11-5-6-12-35(34)41/h3-22,27-28H,23-26H2,1-2H3. The molecule has 3 aliphatic rings. The Morgan fingerprint density at radius 3 is 2.06 bits per heavy atom. The van der Waals surface area contributed by atoms with Crippen LogP contribution in [0.25, 0.3) is 49.5 Å². The van der Waals surface area contributed by atoms with Gasteiger partial charge in [0.05, 0.1) is 18.8 Å². The molecule has 7 aromatic rings. The largest absolute Gasteiger partial charge is 0.472 e. The van der Waals surface area contributed by atoms with Crippen LogP contribution < -0.4 is 9.64 Å². The lowest BCUT2D eigenvalue weighted by Crippen LogP contribution is -2.37. The van der Waals surface area contributed by atoms with E-state index in [4.69, 9.17) is 9.47 Å². The summed E-state index contributed by atoms with van der Waals surface area (Å²) in [6.07, 6.45) is -0.100. The zero-order chi connectivity index (χ0) is 36.1. The Labute approximate surface area is 305 Å². The maximum Gasteiger partial charge on any atom is 0.416 e. The van der Waals surface area contributed by atoms with Gasteiger partial charge in [0.1, 0.15) is 5.75 Å². The number of benzene rings is 7. The minimum Gasteiger partial charge on any atom is -0.472 e. The fraction of sp³-hybridized carbons (Fsp3) is 0.191. The van der Waals surface area contributed by atoms with Gasteiger partial charge < -0.3 is 14.4 Å². The van der Waals surface area contributed by atoms with E-state index in [2.05, 4.69) is 108 Å². The van der Waals surface area contributed by atoms with Crippen molar-refractivity contribution in [3.8, 4) is 16.9 Å². The molecule has 10 rings (SSSR count). The Balaban J connectivity index is 1.25. The summed E-state index contributed by atoms with van der Waals surface area (Å²) >= 11 is 0. The summed E-state index contributed by atoms with van der Waals surface area (Å²) in [4.78, 5) is 2.35. The van der Waals surface area contributed by atoms with Gasteiger partial charge >= 0.3 is 6.18 Å². The van der Waals surface area contributed by atoms with Crippen LogP contribution >= 0.6 is 0 Å². The Kier molecular flexibility index (Phi) is 6.93. The topological polar surface area (TPSA) is 21.7 Å². The minimum atomic E-state index is -4.44. The van der Waals surface area contributed by atoms with Crippen LogP contribution in [-0.2, 0) is 21.9 Å². The monoisotopic (exact) mass is 703 g/mol. The summed E-state index contributed by atoms with van der Waals surface area (Å²) in [5, 5.41) is 6.41. The van der Waals surface area contributed by atoms with Crippen molar-refractivity contribution in [2.24, 2.45) is 0 Å². The molecule has 0 N–H and O–H groups in total. The molecular weight excluding hydrogens is 668 g/mol. The van der Waals surface area contributed by atoms with Gasteiger partial charge in [-0.2, -0.15) is 13.2 Å². The minimum absolute atomic E-state index is 0.634. The van der Waals surface area contributed by atoms with Crippen LogP contribution in [0.4, 0.5) is 18.9 Å². The summed E-state index contributed by atoms with van der Waals surface area (Å²) in [6.45, 7) is 7.14. The van der Waals surface area contributed by atoms with Crippen LogP contribution in [0.3, 0.4) is 0 Å². The maximum atomic E-state index is 14.1. The van der Waals surface area contributed by atoms with Gasteiger partial charge in [0.2, 0.25) is 0 Å². The van der Waals surface area contributed by atoms with E-state index in [0.29, 0.717) is 18.8 Å². The molecule has 53 heavy (non-hydrogen) atoms. The number of hydrogen-bond donors (Lipinski definition) is 0. The predicted octanol–water partition coefficient (Wildman–Crippen LogP) is 11.7. The van der Waals surface area contributed by atoms with Crippen molar-refractivity contribution in [1.82, 2.24) is 0 Å². The third-order valence-corrected chi connectivity index (χ3v) is 11.7. The summed E-state index contributed by atoms with van der Waals surface area (Å²) in [6, 6.07) is 40.3. The summed E-state index contributed by atoms with van der Waals surface area (Å²) in [7, 11) is 0. The first kappa shape index (κ1) is 32.1. The van der Waals surface area contributed by atoms with Gasteiger partial charge in [-0.1, -0.05) is 111 Å². The summed E-state index contributed by atoms with van der Waals surface area (Å²) in [5.41, 5.74) is 5.12. The highest BCUT2D eigenvalue weighted by atomic mass is 19.4. The fourth-order valence-electron chi connectivity index (χ4n) is 9.17. The van der Waals surface area contributed by atoms with E-state index in [0.717, 1.165) is 84.8 Å². The molecule has 1 atom stereocenters. The molecule has 6 heteroatoms. The molecular formula is C47H36F3NO2. The zero-order valence-corrected chi connectivity index (χ0v) is 29.4. The molecule has 0 spiro atoms. The first-order valence-electron chi connectivity index (χ1n) is 18.2. The number of nitrogens with zero attached hydrogens (tertiary/aromatic N) is 1. The number of anilines is 1. The lowest BCUT2D eigenvalue weighted by atomic mass is 9.76. The molecule has 0 amide bonds. The third kappa shape index (κ3) is 4.71.